The van der Waals surface area contributed by atoms with Crippen LogP contribution in [-0.4, -0.2) is 39.8 Å². The molecule has 0 spiro atoms. The zero-order chi connectivity index (χ0) is 23.4. The molecule has 1 amide bonds. The highest BCUT2D eigenvalue weighted by Crippen LogP contribution is 2.38. The zero-order valence-electron chi connectivity index (χ0n) is 19.3. The minimum Gasteiger partial charge on any atom is -0.489 e. The van der Waals surface area contributed by atoms with Crippen LogP contribution in [-0.2, 0) is 20.5 Å². The number of rotatable bonds is 9. The monoisotopic (exact) mass is 521 g/mol. The van der Waals surface area contributed by atoms with Gasteiger partial charge in [0.2, 0.25) is 0 Å². The van der Waals surface area contributed by atoms with Crippen molar-refractivity contribution in [3.8, 4) is 5.75 Å². The van der Waals surface area contributed by atoms with E-state index in [2.05, 4.69) is 55.1 Å². The van der Waals surface area contributed by atoms with Gasteiger partial charge in [0, 0.05) is 4.47 Å². The molecule has 3 rings (SSSR count). The summed E-state index contributed by atoms with van der Waals surface area (Å²) in [5.41, 5.74) is 1.47. The van der Waals surface area contributed by atoms with Gasteiger partial charge < -0.3 is 18.6 Å². The number of anilines is 1. The van der Waals surface area contributed by atoms with E-state index < -0.39 is 14.4 Å². The van der Waals surface area contributed by atoms with E-state index in [9.17, 15) is 4.79 Å². The molecule has 1 aliphatic heterocycles. The zero-order valence-corrected chi connectivity index (χ0v) is 21.9. The first-order valence-electron chi connectivity index (χ1n) is 10.7. The van der Waals surface area contributed by atoms with Gasteiger partial charge in [-0.15, -0.1) is 0 Å². The Balaban J connectivity index is 1.49. The second-order valence-corrected chi connectivity index (χ2v) is 15.1. The smallest absolute Gasteiger partial charge is 0.412 e. The molecule has 2 aromatic rings. The van der Waals surface area contributed by atoms with E-state index >= 15 is 0 Å². The second kappa shape index (κ2) is 10.4. The maximum Gasteiger partial charge on any atom is 0.412 e. The summed E-state index contributed by atoms with van der Waals surface area (Å²) in [4.78, 5) is 12.2. The molecule has 2 aromatic carbocycles. The topological polar surface area (TPSA) is 69.3 Å². The Morgan fingerprint density at radius 1 is 1.09 bits per heavy atom. The van der Waals surface area contributed by atoms with Gasteiger partial charge in [0.1, 0.15) is 31.2 Å². The molecule has 6 nitrogen and oxygen atoms in total. The summed E-state index contributed by atoms with van der Waals surface area (Å²) in [5, 5.41) is 2.92. The molecular weight excluding hydrogens is 490 g/mol. The molecule has 1 heterocycles. The maximum atomic E-state index is 12.2. The van der Waals surface area contributed by atoms with Crippen LogP contribution in [0.3, 0.4) is 0 Å². The number of halogens is 1. The van der Waals surface area contributed by atoms with E-state index in [1.54, 1.807) is 6.07 Å². The Morgan fingerprint density at radius 2 is 1.78 bits per heavy atom. The maximum absolute atomic E-state index is 12.2. The number of carbonyl (C=O) groups is 1. The molecule has 1 N–H and O–H groups in total. The first-order valence-corrected chi connectivity index (χ1v) is 14.4. The van der Waals surface area contributed by atoms with Crippen LogP contribution in [0.4, 0.5) is 10.5 Å². The first kappa shape index (κ1) is 24.8. The molecule has 1 aliphatic rings. The van der Waals surface area contributed by atoms with Crippen molar-refractivity contribution in [1.29, 1.82) is 0 Å². The quantitative estimate of drug-likeness (QED) is 0.306. The molecule has 0 saturated carbocycles. The number of amides is 1. The average Bonchev–Trinajstić information content (AvgIpc) is 3.49. The Bertz CT molecular complexity index is 916. The summed E-state index contributed by atoms with van der Waals surface area (Å²) in [6.45, 7) is 12.3. The number of epoxide rings is 1. The highest BCUT2D eigenvalue weighted by Gasteiger charge is 2.44. The van der Waals surface area contributed by atoms with Gasteiger partial charge in [-0.25, -0.2) is 4.79 Å². The lowest BCUT2D eigenvalue weighted by atomic mass is 10.2. The van der Waals surface area contributed by atoms with Crippen LogP contribution in [0.1, 0.15) is 26.3 Å². The second-order valence-electron chi connectivity index (χ2n) is 9.42. The molecule has 1 fully saturated rings. The van der Waals surface area contributed by atoms with Gasteiger partial charge in [-0.3, -0.25) is 5.32 Å². The van der Waals surface area contributed by atoms with E-state index in [1.807, 2.05) is 42.5 Å². The fourth-order valence-corrected chi connectivity index (χ4v) is 4.09. The van der Waals surface area contributed by atoms with E-state index in [1.165, 1.54) is 0 Å². The van der Waals surface area contributed by atoms with Crippen molar-refractivity contribution in [2.24, 2.45) is 0 Å². The van der Waals surface area contributed by atoms with Gasteiger partial charge in [0.05, 0.1) is 12.3 Å². The fourth-order valence-electron chi connectivity index (χ4n) is 2.74. The Kier molecular flexibility index (Phi) is 8.03. The predicted molar refractivity (Wildman–Crippen MR) is 132 cm³/mol. The summed E-state index contributed by atoms with van der Waals surface area (Å²) < 4.78 is 24.1. The average molecular weight is 523 g/mol. The summed E-state index contributed by atoms with van der Waals surface area (Å²) in [6, 6.07) is 15.0. The van der Waals surface area contributed by atoms with Crippen molar-refractivity contribution in [3.63, 3.8) is 0 Å². The number of carbonyl (C=O) groups excluding carboxylic acids is 1. The summed E-state index contributed by atoms with van der Waals surface area (Å²) >= 11 is 3.45. The van der Waals surface area contributed by atoms with Crippen molar-refractivity contribution in [1.82, 2.24) is 0 Å². The molecule has 0 aromatic heterocycles. The largest absolute Gasteiger partial charge is 0.489 e. The highest BCUT2D eigenvalue weighted by molar-refractivity contribution is 9.10. The van der Waals surface area contributed by atoms with Crippen LogP contribution < -0.4 is 10.1 Å². The normalized spacial score (nSPS) is 18.2. The molecule has 2 atom stereocenters. The van der Waals surface area contributed by atoms with E-state index in [0.717, 1.165) is 10.0 Å². The molecule has 1 saturated heterocycles. The van der Waals surface area contributed by atoms with Crippen LogP contribution in [0, 0.1) is 0 Å². The molecule has 174 valence electrons. The number of hydrogen-bond acceptors (Lipinski definition) is 5. The van der Waals surface area contributed by atoms with Crippen LogP contribution in [0.2, 0.25) is 18.1 Å². The molecule has 0 aliphatic carbocycles. The Hall–Kier alpha value is -1.87. The Labute approximate surface area is 199 Å². The third-order valence-electron chi connectivity index (χ3n) is 5.90. The van der Waals surface area contributed by atoms with Crippen molar-refractivity contribution in [2.45, 2.75) is 57.7 Å². The lowest BCUT2D eigenvalue weighted by Crippen LogP contribution is -2.41. The first-order chi connectivity index (χ1) is 15.0. The predicted octanol–water partition coefficient (Wildman–Crippen LogP) is 6.37. The molecular formula is C24H32BrNO5Si. The van der Waals surface area contributed by atoms with Gasteiger partial charge in [-0.2, -0.15) is 0 Å². The summed E-state index contributed by atoms with van der Waals surface area (Å²) in [7, 11) is -1.80. The standard InChI is InChI=1S/C24H32BrNO5Si/c1-24(2,3)32(4,5)30-16-22-21(31-22)15-28-20-13-18(25)11-12-19(20)26-23(27)29-14-17-9-7-6-8-10-17/h6-13,21-22H,14-16H2,1-5H3,(H,26,27)/t21-,22-/m0/s1. The van der Waals surface area contributed by atoms with Gasteiger partial charge in [-0.1, -0.05) is 67.0 Å². The van der Waals surface area contributed by atoms with Gasteiger partial charge in [-0.05, 0) is 41.9 Å². The lowest BCUT2D eigenvalue weighted by Gasteiger charge is -2.36. The minimum absolute atomic E-state index is 0.0170. The minimum atomic E-state index is -1.80. The summed E-state index contributed by atoms with van der Waals surface area (Å²) in [5.74, 6) is 0.551. The van der Waals surface area contributed by atoms with Crippen molar-refractivity contribution >= 4 is 36.0 Å². The van der Waals surface area contributed by atoms with Gasteiger partial charge in [0.15, 0.2) is 8.32 Å². The summed E-state index contributed by atoms with van der Waals surface area (Å²) in [6.07, 6.45) is -0.510. The molecule has 32 heavy (non-hydrogen) atoms. The van der Waals surface area contributed by atoms with E-state index in [-0.39, 0.29) is 23.9 Å². The van der Waals surface area contributed by atoms with Crippen LogP contribution >= 0.6 is 15.9 Å². The van der Waals surface area contributed by atoms with Gasteiger partial charge in [0.25, 0.3) is 0 Å². The van der Waals surface area contributed by atoms with Gasteiger partial charge >= 0.3 is 6.09 Å². The van der Waals surface area contributed by atoms with Crippen molar-refractivity contribution in [2.75, 3.05) is 18.5 Å². The number of ether oxygens (including phenoxy) is 3. The van der Waals surface area contributed by atoms with Crippen LogP contribution in [0.5, 0.6) is 5.75 Å². The van der Waals surface area contributed by atoms with E-state index in [0.29, 0.717) is 24.7 Å². The number of benzene rings is 2. The fraction of sp³-hybridized carbons (Fsp3) is 0.458. The third-order valence-corrected chi connectivity index (χ3v) is 10.9. The highest BCUT2D eigenvalue weighted by atomic mass is 79.9. The molecule has 0 radical (unpaired) electrons. The molecule has 0 bridgehead atoms. The third kappa shape index (κ3) is 7.06. The molecule has 0 unspecified atom stereocenters. The van der Waals surface area contributed by atoms with Crippen LogP contribution in [0.25, 0.3) is 0 Å². The van der Waals surface area contributed by atoms with Crippen LogP contribution in [0.15, 0.2) is 53.0 Å². The van der Waals surface area contributed by atoms with Crippen molar-refractivity contribution in [3.05, 3.63) is 58.6 Å². The Morgan fingerprint density at radius 3 is 2.47 bits per heavy atom. The SMILES string of the molecule is CC(C)(C)[Si](C)(C)OC[C@@H]1O[C@H]1COc1cc(Br)ccc1NC(=O)OCc1ccccc1. The van der Waals surface area contributed by atoms with E-state index in [4.69, 9.17) is 18.6 Å². The molecule has 8 heteroatoms. The lowest BCUT2D eigenvalue weighted by molar-refractivity contribution is 0.155. The van der Waals surface area contributed by atoms with Crippen molar-refractivity contribution < 1.29 is 23.4 Å². The number of hydrogen-bond donors (Lipinski definition) is 1. The number of nitrogens with one attached hydrogen (secondary N) is 1.